The predicted molar refractivity (Wildman–Crippen MR) is 57.1 cm³/mol. The third-order valence-corrected chi connectivity index (χ3v) is 2.00. The zero-order valence-corrected chi connectivity index (χ0v) is 8.68. The van der Waals surface area contributed by atoms with Crippen molar-refractivity contribution in [2.45, 2.75) is 6.04 Å². The van der Waals surface area contributed by atoms with E-state index in [1.807, 2.05) is 0 Å². The molecule has 0 aliphatic rings. The number of nitrogens with two attached hydrogens (primary N) is 1. The van der Waals surface area contributed by atoms with E-state index in [-0.39, 0.29) is 11.3 Å². The highest BCUT2D eigenvalue weighted by molar-refractivity contribution is 6.02. The first kappa shape index (κ1) is 13.1. The molecule has 0 spiro atoms. The molecule has 1 atom stereocenters. The van der Waals surface area contributed by atoms with Crippen molar-refractivity contribution in [2.75, 3.05) is 11.9 Å². The third-order valence-electron chi connectivity index (χ3n) is 2.00. The number of hydrogen-bond acceptors (Lipinski definition) is 4. The lowest BCUT2D eigenvalue weighted by atomic mass is 10.1. The Morgan fingerprint density at radius 3 is 2.65 bits per heavy atom. The van der Waals surface area contributed by atoms with Gasteiger partial charge in [0.15, 0.2) is 0 Å². The molecule has 1 aromatic rings. The van der Waals surface area contributed by atoms with Gasteiger partial charge in [-0.05, 0) is 18.2 Å². The lowest BCUT2D eigenvalue weighted by Crippen LogP contribution is -2.38. The van der Waals surface area contributed by atoms with E-state index in [2.05, 4.69) is 5.32 Å². The number of hydrogen-bond donors (Lipinski definition) is 4. The highest BCUT2D eigenvalue weighted by Crippen LogP contribution is 2.17. The molecule has 0 heterocycles. The summed E-state index contributed by atoms with van der Waals surface area (Å²) in [5.74, 6) is -2.86. The van der Waals surface area contributed by atoms with Gasteiger partial charge in [-0.25, -0.2) is 9.18 Å². The second kappa shape index (κ2) is 5.37. The Bertz CT molecular complexity index is 450. The number of aromatic carboxylic acids is 1. The minimum absolute atomic E-state index is 0.0761. The Hall–Kier alpha value is -1.99. The topological polar surface area (TPSA) is 113 Å². The predicted octanol–water partition coefficient (Wildman–Crippen LogP) is -0.218. The molecule has 7 heteroatoms. The normalized spacial score (nSPS) is 11.9. The Balaban J connectivity index is 2.98. The maximum atomic E-state index is 12.8. The van der Waals surface area contributed by atoms with Gasteiger partial charge in [0.2, 0.25) is 5.91 Å². The Morgan fingerprint density at radius 2 is 2.12 bits per heavy atom. The lowest BCUT2D eigenvalue weighted by molar-refractivity contribution is -0.118. The van der Waals surface area contributed by atoms with E-state index in [4.69, 9.17) is 15.9 Å². The SMILES string of the molecule is NC(CO)C(=O)Nc1ccc(F)cc1C(=O)O. The van der Waals surface area contributed by atoms with Crippen LogP contribution in [-0.4, -0.2) is 34.7 Å². The molecule has 0 saturated heterocycles. The second-order valence-electron chi connectivity index (χ2n) is 3.27. The van der Waals surface area contributed by atoms with Crippen LogP contribution in [0.3, 0.4) is 0 Å². The average Bonchev–Trinajstić information content (AvgIpc) is 2.29. The summed E-state index contributed by atoms with van der Waals surface area (Å²) in [5, 5.41) is 19.6. The van der Waals surface area contributed by atoms with E-state index in [1.54, 1.807) is 0 Å². The fraction of sp³-hybridized carbons (Fsp3) is 0.200. The van der Waals surface area contributed by atoms with Gasteiger partial charge in [0.25, 0.3) is 0 Å². The van der Waals surface area contributed by atoms with Crippen molar-refractivity contribution < 1.29 is 24.2 Å². The summed E-state index contributed by atoms with van der Waals surface area (Å²) < 4.78 is 12.8. The number of benzene rings is 1. The maximum Gasteiger partial charge on any atom is 0.337 e. The number of halogens is 1. The smallest absolute Gasteiger partial charge is 0.337 e. The number of amides is 1. The maximum absolute atomic E-state index is 12.8. The molecule has 1 rings (SSSR count). The van der Waals surface area contributed by atoms with Gasteiger partial charge >= 0.3 is 5.97 Å². The number of carboxylic acids is 1. The molecule has 1 aromatic carbocycles. The van der Waals surface area contributed by atoms with Crippen LogP contribution in [0, 0.1) is 5.82 Å². The van der Waals surface area contributed by atoms with E-state index >= 15 is 0 Å². The summed E-state index contributed by atoms with van der Waals surface area (Å²) in [5.41, 5.74) is 4.78. The van der Waals surface area contributed by atoms with Gasteiger partial charge in [-0.15, -0.1) is 0 Å². The summed E-state index contributed by atoms with van der Waals surface area (Å²) in [4.78, 5) is 22.1. The molecule has 17 heavy (non-hydrogen) atoms. The van der Waals surface area contributed by atoms with Gasteiger partial charge in [-0.3, -0.25) is 4.79 Å². The van der Waals surface area contributed by atoms with Gasteiger partial charge in [0, 0.05) is 0 Å². The molecule has 5 N–H and O–H groups in total. The summed E-state index contributed by atoms with van der Waals surface area (Å²) >= 11 is 0. The van der Waals surface area contributed by atoms with Crippen molar-refractivity contribution >= 4 is 17.6 Å². The summed E-state index contributed by atoms with van der Waals surface area (Å²) in [6.45, 7) is -0.574. The number of aliphatic hydroxyl groups excluding tert-OH is 1. The average molecular weight is 242 g/mol. The number of rotatable bonds is 4. The van der Waals surface area contributed by atoms with Crippen molar-refractivity contribution in [3.63, 3.8) is 0 Å². The second-order valence-corrected chi connectivity index (χ2v) is 3.27. The van der Waals surface area contributed by atoms with Gasteiger partial charge in [0.1, 0.15) is 11.9 Å². The number of anilines is 1. The summed E-state index contributed by atoms with van der Waals surface area (Å²) in [6.07, 6.45) is 0. The first-order valence-corrected chi connectivity index (χ1v) is 4.66. The number of aliphatic hydroxyl groups is 1. The molecular formula is C10H11FN2O4. The number of carbonyl (C=O) groups is 2. The molecule has 0 aromatic heterocycles. The number of nitrogens with one attached hydrogen (secondary N) is 1. The molecule has 1 unspecified atom stereocenters. The van der Waals surface area contributed by atoms with Gasteiger partial charge < -0.3 is 21.3 Å². The molecule has 92 valence electrons. The van der Waals surface area contributed by atoms with Crippen molar-refractivity contribution in [1.29, 1.82) is 0 Å². The van der Waals surface area contributed by atoms with Crippen molar-refractivity contribution in [3.05, 3.63) is 29.6 Å². The van der Waals surface area contributed by atoms with Crippen LogP contribution in [0.1, 0.15) is 10.4 Å². The Kier molecular flexibility index (Phi) is 4.13. The van der Waals surface area contributed by atoms with Crippen LogP contribution in [0.4, 0.5) is 10.1 Å². The fourth-order valence-electron chi connectivity index (χ4n) is 1.11. The van der Waals surface area contributed by atoms with Crippen LogP contribution < -0.4 is 11.1 Å². The van der Waals surface area contributed by atoms with E-state index in [0.29, 0.717) is 0 Å². The Morgan fingerprint density at radius 1 is 1.47 bits per heavy atom. The van der Waals surface area contributed by atoms with Crippen LogP contribution in [0.2, 0.25) is 0 Å². The quantitative estimate of drug-likeness (QED) is 0.583. The zero-order chi connectivity index (χ0) is 13.0. The first-order valence-electron chi connectivity index (χ1n) is 4.66. The van der Waals surface area contributed by atoms with E-state index in [9.17, 15) is 14.0 Å². The minimum Gasteiger partial charge on any atom is -0.478 e. The highest BCUT2D eigenvalue weighted by atomic mass is 19.1. The van der Waals surface area contributed by atoms with E-state index in [0.717, 1.165) is 18.2 Å². The summed E-state index contributed by atoms with van der Waals surface area (Å²) in [6, 6.07) is 1.73. The Labute approximate surface area is 95.9 Å². The molecule has 0 fully saturated rings. The van der Waals surface area contributed by atoms with Crippen LogP contribution >= 0.6 is 0 Å². The lowest BCUT2D eigenvalue weighted by Gasteiger charge is -2.11. The van der Waals surface area contributed by atoms with Gasteiger partial charge in [0.05, 0.1) is 17.9 Å². The number of carboxylic acid groups (broad SMARTS) is 1. The van der Waals surface area contributed by atoms with Crippen LogP contribution in [0.5, 0.6) is 0 Å². The van der Waals surface area contributed by atoms with Crippen LogP contribution in [-0.2, 0) is 4.79 Å². The highest BCUT2D eigenvalue weighted by Gasteiger charge is 2.17. The minimum atomic E-state index is -1.38. The molecule has 0 aliphatic heterocycles. The van der Waals surface area contributed by atoms with Crippen molar-refractivity contribution in [3.8, 4) is 0 Å². The standard InChI is InChI=1S/C10H11FN2O4/c11-5-1-2-8(6(3-5)10(16)17)13-9(15)7(12)4-14/h1-3,7,14H,4,12H2,(H,13,15)(H,16,17). The molecule has 0 aliphatic carbocycles. The molecular weight excluding hydrogens is 231 g/mol. The summed E-state index contributed by atoms with van der Waals surface area (Å²) in [7, 11) is 0. The van der Waals surface area contributed by atoms with E-state index in [1.165, 1.54) is 0 Å². The first-order chi connectivity index (χ1) is 7.95. The fourth-order valence-corrected chi connectivity index (χ4v) is 1.11. The molecule has 0 bridgehead atoms. The molecule has 6 nitrogen and oxygen atoms in total. The van der Waals surface area contributed by atoms with Gasteiger partial charge in [-0.1, -0.05) is 0 Å². The third kappa shape index (κ3) is 3.23. The zero-order valence-electron chi connectivity index (χ0n) is 8.68. The largest absolute Gasteiger partial charge is 0.478 e. The number of carbonyl (C=O) groups excluding carboxylic acids is 1. The van der Waals surface area contributed by atoms with Crippen LogP contribution in [0.25, 0.3) is 0 Å². The van der Waals surface area contributed by atoms with Crippen molar-refractivity contribution in [1.82, 2.24) is 0 Å². The molecule has 1 amide bonds. The molecule has 0 saturated carbocycles. The monoisotopic (exact) mass is 242 g/mol. The molecule has 0 radical (unpaired) electrons. The van der Waals surface area contributed by atoms with Crippen LogP contribution in [0.15, 0.2) is 18.2 Å². The van der Waals surface area contributed by atoms with E-state index < -0.39 is 30.3 Å². The van der Waals surface area contributed by atoms with Gasteiger partial charge in [-0.2, -0.15) is 0 Å². The van der Waals surface area contributed by atoms with Crippen molar-refractivity contribution in [2.24, 2.45) is 5.73 Å².